The van der Waals surface area contributed by atoms with Gasteiger partial charge in [0, 0.05) is 25.3 Å². The number of nitrogens with one attached hydrogen (secondary N) is 1. The summed E-state index contributed by atoms with van der Waals surface area (Å²) in [5.41, 5.74) is 3.21. The first-order chi connectivity index (χ1) is 13.4. The number of rotatable bonds is 12. The Morgan fingerprint density at radius 2 is 1.89 bits per heavy atom. The molecule has 7 heteroatoms. The SMILES string of the molecule is CCN(CC)C[C@H](O)COc1ccc(CN(C)Cc2cc(C)[nH]n2)cc1OC. The summed E-state index contributed by atoms with van der Waals surface area (Å²) >= 11 is 0. The third kappa shape index (κ3) is 6.82. The summed E-state index contributed by atoms with van der Waals surface area (Å²) in [6.07, 6.45) is -0.535. The van der Waals surface area contributed by atoms with Gasteiger partial charge in [-0.2, -0.15) is 5.10 Å². The second-order valence-corrected chi connectivity index (χ2v) is 7.15. The van der Waals surface area contributed by atoms with Crippen LogP contribution in [0.4, 0.5) is 0 Å². The highest BCUT2D eigenvalue weighted by molar-refractivity contribution is 5.43. The number of H-pyrrole nitrogens is 1. The normalized spacial score (nSPS) is 12.6. The van der Waals surface area contributed by atoms with Crippen molar-refractivity contribution in [3.63, 3.8) is 0 Å². The Balaban J connectivity index is 1.91. The van der Waals surface area contributed by atoms with Crippen molar-refractivity contribution in [3.05, 3.63) is 41.2 Å². The molecule has 0 unspecified atom stereocenters. The van der Waals surface area contributed by atoms with E-state index in [9.17, 15) is 5.11 Å². The molecule has 0 saturated heterocycles. The number of aromatic amines is 1. The van der Waals surface area contributed by atoms with Crippen LogP contribution in [0.15, 0.2) is 24.3 Å². The number of aromatic nitrogens is 2. The molecule has 0 spiro atoms. The first-order valence-corrected chi connectivity index (χ1v) is 9.84. The van der Waals surface area contributed by atoms with Gasteiger partial charge in [-0.05, 0) is 50.8 Å². The fraction of sp³-hybridized carbons (Fsp3) is 0.571. The zero-order valence-electron chi connectivity index (χ0n) is 17.7. The van der Waals surface area contributed by atoms with Gasteiger partial charge in [0.1, 0.15) is 12.7 Å². The minimum absolute atomic E-state index is 0.241. The number of methoxy groups -OCH3 is 1. The lowest BCUT2D eigenvalue weighted by molar-refractivity contribution is 0.0705. The maximum atomic E-state index is 10.2. The van der Waals surface area contributed by atoms with E-state index < -0.39 is 6.10 Å². The molecule has 1 heterocycles. The molecule has 2 N–H and O–H groups in total. The van der Waals surface area contributed by atoms with Crippen LogP contribution in [0.3, 0.4) is 0 Å². The number of aryl methyl sites for hydroxylation is 1. The first kappa shape index (κ1) is 22.2. The molecule has 0 fully saturated rings. The highest BCUT2D eigenvalue weighted by Gasteiger charge is 2.13. The summed E-state index contributed by atoms with van der Waals surface area (Å²) in [6, 6.07) is 7.97. The van der Waals surface area contributed by atoms with Gasteiger partial charge in [0.05, 0.1) is 12.8 Å². The molecule has 0 saturated carbocycles. The van der Waals surface area contributed by atoms with Crippen LogP contribution in [0, 0.1) is 6.92 Å². The van der Waals surface area contributed by atoms with Crippen molar-refractivity contribution in [1.29, 1.82) is 0 Å². The summed E-state index contributed by atoms with van der Waals surface area (Å²) in [6.45, 7) is 10.4. The molecule has 0 bridgehead atoms. The summed E-state index contributed by atoms with van der Waals surface area (Å²) in [5.74, 6) is 1.33. The average Bonchev–Trinajstić information content (AvgIpc) is 3.09. The summed E-state index contributed by atoms with van der Waals surface area (Å²) < 4.78 is 11.3. The Hall–Kier alpha value is -2.09. The maximum Gasteiger partial charge on any atom is 0.161 e. The Morgan fingerprint density at radius 1 is 1.14 bits per heavy atom. The van der Waals surface area contributed by atoms with Crippen molar-refractivity contribution in [2.75, 3.05) is 40.4 Å². The number of benzene rings is 1. The molecule has 0 aliphatic carbocycles. The molecule has 7 nitrogen and oxygen atoms in total. The van der Waals surface area contributed by atoms with Gasteiger partial charge in [-0.3, -0.25) is 10.00 Å². The maximum absolute atomic E-state index is 10.2. The van der Waals surface area contributed by atoms with Crippen LogP contribution in [0.5, 0.6) is 11.5 Å². The van der Waals surface area contributed by atoms with Gasteiger partial charge in [-0.25, -0.2) is 0 Å². The fourth-order valence-corrected chi connectivity index (χ4v) is 3.15. The van der Waals surface area contributed by atoms with Crippen molar-refractivity contribution in [2.45, 2.75) is 40.0 Å². The summed E-state index contributed by atoms with van der Waals surface area (Å²) in [5, 5.41) is 17.4. The van der Waals surface area contributed by atoms with Gasteiger partial charge < -0.3 is 19.5 Å². The molecule has 0 aliphatic rings. The molecule has 1 atom stereocenters. The molecular weight excluding hydrogens is 356 g/mol. The van der Waals surface area contributed by atoms with Crippen molar-refractivity contribution in [2.24, 2.45) is 0 Å². The molecule has 2 rings (SSSR count). The van der Waals surface area contributed by atoms with Gasteiger partial charge >= 0.3 is 0 Å². The summed E-state index contributed by atoms with van der Waals surface area (Å²) in [4.78, 5) is 4.36. The zero-order valence-corrected chi connectivity index (χ0v) is 17.7. The quantitative estimate of drug-likeness (QED) is 0.580. The van der Waals surface area contributed by atoms with Gasteiger partial charge in [-0.15, -0.1) is 0 Å². The second-order valence-electron chi connectivity index (χ2n) is 7.15. The summed E-state index contributed by atoms with van der Waals surface area (Å²) in [7, 11) is 3.69. The van der Waals surface area contributed by atoms with E-state index in [-0.39, 0.29) is 6.61 Å². The van der Waals surface area contributed by atoms with Crippen LogP contribution in [-0.2, 0) is 13.1 Å². The van der Waals surface area contributed by atoms with Crippen molar-refractivity contribution < 1.29 is 14.6 Å². The highest BCUT2D eigenvalue weighted by Crippen LogP contribution is 2.28. The van der Waals surface area contributed by atoms with E-state index in [2.05, 4.69) is 47.0 Å². The Kier molecular flexibility index (Phi) is 8.76. The van der Waals surface area contributed by atoms with E-state index in [4.69, 9.17) is 9.47 Å². The van der Waals surface area contributed by atoms with E-state index >= 15 is 0 Å². The van der Waals surface area contributed by atoms with Crippen LogP contribution < -0.4 is 9.47 Å². The minimum atomic E-state index is -0.535. The van der Waals surface area contributed by atoms with E-state index in [1.165, 1.54) is 0 Å². The number of ether oxygens (including phenoxy) is 2. The van der Waals surface area contributed by atoms with Crippen LogP contribution in [0.2, 0.25) is 0 Å². The minimum Gasteiger partial charge on any atom is -0.493 e. The van der Waals surface area contributed by atoms with Crippen LogP contribution in [0.25, 0.3) is 0 Å². The predicted octanol–water partition coefficient (Wildman–Crippen LogP) is 2.44. The number of aliphatic hydroxyl groups is 1. The Labute approximate surface area is 168 Å². The third-order valence-corrected chi connectivity index (χ3v) is 4.67. The third-order valence-electron chi connectivity index (χ3n) is 4.67. The molecule has 0 amide bonds. The van der Waals surface area contributed by atoms with E-state index in [0.717, 1.165) is 43.1 Å². The standard InChI is InChI=1S/C21H34N4O3/c1-6-25(7-2)14-19(26)15-28-20-9-8-17(11-21(20)27-5)12-24(4)13-18-10-16(3)22-23-18/h8-11,19,26H,6-7,12-15H2,1-5H3,(H,22,23)/t19-/m0/s1. The number of nitrogens with zero attached hydrogens (tertiary/aromatic N) is 3. The van der Waals surface area contributed by atoms with Crippen LogP contribution >= 0.6 is 0 Å². The zero-order chi connectivity index (χ0) is 20.5. The van der Waals surface area contributed by atoms with Gasteiger partial charge in [0.2, 0.25) is 0 Å². The Morgan fingerprint density at radius 3 is 2.50 bits per heavy atom. The molecule has 0 radical (unpaired) electrons. The topological polar surface area (TPSA) is 73.9 Å². The van der Waals surface area contributed by atoms with E-state index in [1.54, 1.807) is 7.11 Å². The number of hydrogen-bond acceptors (Lipinski definition) is 6. The van der Waals surface area contributed by atoms with E-state index in [1.807, 2.05) is 25.1 Å². The Bertz CT molecular complexity index is 715. The van der Waals surface area contributed by atoms with Gasteiger partial charge in [0.15, 0.2) is 11.5 Å². The smallest absolute Gasteiger partial charge is 0.161 e. The largest absolute Gasteiger partial charge is 0.493 e. The number of hydrogen-bond donors (Lipinski definition) is 2. The molecule has 156 valence electrons. The van der Waals surface area contributed by atoms with Crippen molar-refractivity contribution in [3.8, 4) is 11.5 Å². The van der Waals surface area contributed by atoms with Crippen molar-refractivity contribution >= 4 is 0 Å². The highest BCUT2D eigenvalue weighted by atomic mass is 16.5. The molecule has 28 heavy (non-hydrogen) atoms. The van der Waals surface area contributed by atoms with Crippen LogP contribution in [0.1, 0.15) is 30.8 Å². The lowest BCUT2D eigenvalue weighted by Gasteiger charge is -2.22. The monoisotopic (exact) mass is 390 g/mol. The first-order valence-electron chi connectivity index (χ1n) is 9.84. The van der Waals surface area contributed by atoms with E-state index in [0.29, 0.717) is 18.0 Å². The van der Waals surface area contributed by atoms with Gasteiger partial charge in [0.25, 0.3) is 0 Å². The van der Waals surface area contributed by atoms with Crippen LogP contribution in [-0.4, -0.2) is 71.6 Å². The second kappa shape index (κ2) is 11.0. The molecule has 1 aromatic carbocycles. The lowest BCUT2D eigenvalue weighted by atomic mass is 10.2. The number of likely N-dealkylation sites (N-methyl/N-ethyl adjacent to an activating group) is 1. The molecule has 0 aliphatic heterocycles. The predicted molar refractivity (Wildman–Crippen MR) is 111 cm³/mol. The fourth-order valence-electron chi connectivity index (χ4n) is 3.15. The van der Waals surface area contributed by atoms with Gasteiger partial charge in [-0.1, -0.05) is 19.9 Å². The molecule has 1 aromatic heterocycles. The average molecular weight is 391 g/mol. The lowest BCUT2D eigenvalue weighted by Crippen LogP contribution is -2.35. The number of aliphatic hydroxyl groups excluding tert-OH is 1. The molecule has 2 aromatic rings. The van der Waals surface area contributed by atoms with Crippen molar-refractivity contribution in [1.82, 2.24) is 20.0 Å². The molecular formula is C21H34N4O3.